The Morgan fingerprint density at radius 1 is 0.253 bits per heavy atom. The van der Waals surface area contributed by atoms with E-state index in [0.717, 1.165) is 135 Å². The number of unbranched alkanes of at least 4 members (excludes halogenated alkanes) is 19. The highest BCUT2D eigenvalue weighted by atomic mass is 16.6. The van der Waals surface area contributed by atoms with Crippen LogP contribution in [-0.4, -0.2) is 37.2 Å². The van der Waals surface area contributed by atoms with E-state index >= 15 is 0 Å². The molecule has 0 rings (SSSR count). The van der Waals surface area contributed by atoms with Crippen molar-refractivity contribution in [2.75, 3.05) is 13.2 Å². The standard InChI is InChI=1S/C73H116O6/c1-4-7-10-13-16-19-22-25-27-29-31-33-35-36-38-39-41-43-45-48-51-54-57-60-63-66-72(75)78-69-70(68-77-71(74)65-62-59-56-53-50-47-24-21-18-15-12-9-6-3)79-73(76)67-64-61-58-55-52-49-46-44-42-40-37-34-32-30-28-26-23-20-17-14-11-8-5-2/h7-12,16-21,25-28,31-34,40,42,47,50,56,59,70H,4-6,13-15,22-24,29-30,35-39,41,43-46,48-49,51-55,57-58,60-69H2,1-3H3/b10-7-,11-8-,12-9-,19-16-,20-17-,21-18-,27-25-,28-26-,33-31-,34-32-,42-40-,50-47-,59-56-. The van der Waals surface area contributed by atoms with Gasteiger partial charge in [0.05, 0.1) is 0 Å². The molecule has 6 nitrogen and oxygen atoms in total. The first kappa shape index (κ1) is 74.0. The molecule has 0 heterocycles. The zero-order valence-electron chi connectivity index (χ0n) is 50.8. The summed E-state index contributed by atoms with van der Waals surface area (Å²) in [6, 6.07) is 0. The summed E-state index contributed by atoms with van der Waals surface area (Å²) in [5.41, 5.74) is 0. The normalized spacial score (nSPS) is 13.2. The van der Waals surface area contributed by atoms with Gasteiger partial charge in [-0.25, -0.2) is 0 Å². The largest absolute Gasteiger partial charge is 0.462 e. The molecular weight excluding hydrogens is 973 g/mol. The predicted octanol–water partition coefficient (Wildman–Crippen LogP) is 22.1. The highest BCUT2D eigenvalue weighted by Gasteiger charge is 2.19. The molecule has 0 fully saturated rings. The molecule has 0 aliphatic heterocycles. The monoisotopic (exact) mass is 1090 g/mol. The molecule has 0 radical (unpaired) electrons. The number of hydrogen-bond acceptors (Lipinski definition) is 6. The summed E-state index contributed by atoms with van der Waals surface area (Å²) in [6.07, 6.45) is 95.5. The Hall–Kier alpha value is -4.97. The van der Waals surface area contributed by atoms with Crippen LogP contribution in [0.2, 0.25) is 0 Å². The van der Waals surface area contributed by atoms with E-state index in [9.17, 15) is 14.4 Å². The number of hydrogen-bond donors (Lipinski definition) is 0. The van der Waals surface area contributed by atoms with E-state index in [2.05, 4.69) is 173 Å². The van der Waals surface area contributed by atoms with Crippen LogP contribution in [-0.2, 0) is 28.6 Å². The molecule has 0 aromatic heterocycles. The average Bonchev–Trinajstić information content (AvgIpc) is 3.45. The Bertz CT molecular complexity index is 1780. The topological polar surface area (TPSA) is 78.9 Å². The Morgan fingerprint density at radius 3 is 0.785 bits per heavy atom. The molecule has 0 saturated carbocycles. The summed E-state index contributed by atoms with van der Waals surface area (Å²) in [7, 11) is 0. The zero-order chi connectivity index (χ0) is 57.1. The SMILES string of the molecule is CC/C=C\C/C=C\C/C=C\C/C=C\C/C=C\CCCCCCCCCC(=O)OC(COC(=O)CC/C=C\C/C=C\C/C=C\C/C=C\CC)COC(=O)CCCCCCCCCCCCCC/C=C\C/C=C\C/C=C\C/C=C\CC. The molecule has 0 aliphatic carbocycles. The molecule has 444 valence electrons. The second-order valence-corrected chi connectivity index (χ2v) is 20.5. The number of allylic oxidation sites excluding steroid dienone is 26. The summed E-state index contributed by atoms with van der Waals surface area (Å²) in [5.74, 6) is -1.01. The van der Waals surface area contributed by atoms with E-state index in [1.54, 1.807) is 0 Å². The summed E-state index contributed by atoms with van der Waals surface area (Å²) in [6.45, 7) is 6.22. The molecule has 1 atom stereocenters. The third-order valence-corrected chi connectivity index (χ3v) is 13.0. The predicted molar refractivity (Wildman–Crippen MR) is 343 cm³/mol. The van der Waals surface area contributed by atoms with Gasteiger partial charge in [0, 0.05) is 19.3 Å². The van der Waals surface area contributed by atoms with Gasteiger partial charge in [0.15, 0.2) is 6.10 Å². The highest BCUT2D eigenvalue weighted by molar-refractivity contribution is 5.71. The fourth-order valence-corrected chi connectivity index (χ4v) is 8.36. The van der Waals surface area contributed by atoms with Crippen molar-refractivity contribution in [3.05, 3.63) is 158 Å². The molecule has 0 aromatic carbocycles. The molecule has 0 aromatic rings. The summed E-state index contributed by atoms with van der Waals surface area (Å²) in [4.78, 5) is 38.3. The van der Waals surface area contributed by atoms with Crippen molar-refractivity contribution in [1.29, 1.82) is 0 Å². The highest BCUT2D eigenvalue weighted by Crippen LogP contribution is 2.15. The van der Waals surface area contributed by atoms with Gasteiger partial charge in [0.2, 0.25) is 0 Å². The van der Waals surface area contributed by atoms with E-state index < -0.39 is 6.10 Å². The first-order valence-corrected chi connectivity index (χ1v) is 32.0. The molecule has 1 unspecified atom stereocenters. The van der Waals surface area contributed by atoms with Gasteiger partial charge in [-0.15, -0.1) is 0 Å². The van der Waals surface area contributed by atoms with Gasteiger partial charge >= 0.3 is 17.9 Å². The lowest BCUT2D eigenvalue weighted by Crippen LogP contribution is -2.30. The molecule has 0 N–H and O–H groups in total. The lowest BCUT2D eigenvalue weighted by Gasteiger charge is -2.18. The van der Waals surface area contributed by atoms with Crippen LogP contribution in [0.15, 0.2) is 158 Å². The Balaban J connectivity index is 4.41. The average molecular weight is 1090 g/mol. The van der Waals surface area contributed by atoms with Crippen LogP contribution in [0.4, 0.5) is 0 Å². The minimum atomic E-state index is -0.822. The number of rotatable bonds is 56. The Labute approximate surface area is 486 Å². The van der Waals surface area contributed by atoms with Crippen LogP contribution in [0.5, 0.6) is 0 Å². The molecular formula is C73H116O6. The first-order chi connectivity index (χ1) is 39.0. The maximum absolute atomic E-state index is 12.9. The third kappa shape index (κ3) is 63.7. The zero-order valence-corrected chi connectivity index (χ0v) is 50.8. The number of esters is 3. The minimum Gasteiger partial charge on any atom is -0.462 e. The van der Waals surface area contributed by atoms with Crippen LogP contribution in [0, 0.1) is 0 Å². The summed E-state index contributed by atoms with van der Waals surface area (Å²) < 4.78 is 16.8. The third-order valence-electron chi connectivity index (χ3n) is 13.0. The van der Waals surface area contributed by atoms with Gasteiger partial charge in [-0.05, 0) is 128 Å². The van der Waals surface area contributed by atoms with Crippen molar-refractivity contribution in [3.8, 4) is 0 Å². The molecule has 6 heteroatoms. The van der Waals surface area contributed by atoms with Crippen molar-refractivity contribution in [2.45, 2.75) is 271 Å². The minimum absolute atomic E-state index is 0.111. The maximum atomic E-state index is 12.9. The number of carbonyl (C=O) groups excluding carboxylic acids is 3. The van der Waals surface area contributed by atoms with Crippen LogP contribution in [0.3, 0.4) is 0 Å². The van der Waals surface area contributed by atoms with Crippen LogP contribution >= 0.6 is 0 Å². The van der Waals surface area contributed by atoms with E-state index in [-0.39, 0.29) is 37.5 Å². The van der Waals surface area contributed by atoms with Crippen molar-refractivity contribution >= 4 is 17.9 Å². The van der Waals surface area contributed by atoms with Gasteiger partial charge in [-0.2, -0.15) is 0 Å². The van der Waals surface area contributed by atoms with Crippen LogP contribution < -0.4 is 0 Å². The Morgan fingerprint density at radius 2 is 0.481 bits per heavy atom. The second kappa shape index (κ2) is 65.5. The molecule has 0 spiro atoms. The number of carbonyl (C=O) groups is 3. The molecule has 79 heavy (non-hydrogen) atoms. The van der Waals surface area contributed by atoms with Crippen LogP contribution in [0.1, 0.15) is 265 Å². The molecule has 0 saturated heterocycles. The summed E-state index contributed by atoms with van der Waals surface area (Å²) >= 11 is 0. The van der Waals surface area contributed by atoms with Crippen molar-refractivity contribution in [2.24, 2.45) is 0 Å². The first-order valence-electron chi connectivity index (χ1n) is 32.0. The Kier molecular flexibility index (Phi) is 61.4. The fraction of sp³-hybridized carbons (Fsp3) is 0.603. The van der Waals surface area contributed by atoms with Gasteiger partial charge < -0.3 is 14.2 Å². The number of ether oxygens (including phenoxy) is 3. The molecule has 0 aliphatic rings. The van der Waals surface area contributed by atoms with Crippen molar-refractivity contribution < 1.29 is 28.6 Å². The van der Waals surface area contributed by atoms with Crippen molar-refractivity contribution in [3.63, 3.8) is 0 Å². The van der Waals surface area contributed by atoms with E-state index in [1.807, 2.05) is 6.08 Å². The van der Waals surface area contributed by atoms with E-state index in [4.69, 9.17) is 14.2 Å². The molecule has 0 amide bonds. The van der Waals surface area contributed by atoms with Gasteiger partial charge in [0.25, 0.3) is 0 Å². The van der Waals surface area contributed by atoms with E-state index in [0.29, 0.717) is 19.3 Å². The van der Waals surface area contributed by atoms with Gasteiger partial charge in [0.1, 0.15) is 13.2 Å². The quantitative estimate of drug-likeness (QED) is 0.0261. The van der Waals surface area contributed by atoms with Gasteiger partial charge in [-0.3, -0.25) is 14.4 Å². The van der Waals surface area contributed by atoms with E-state index in [1.165, 1.54) is 83.5 Å². The smallest absolute Gasteiger partial charge is 0.306 e. The lowest BCUT2D eigenvalue weighted by molar-refractivity contribution is -0.166. The fourth-order valence-electron chi connectivity index (χ4n) is 8.36. The maximum Gasteiger partial charge on any atom is 0.306 e. The van der Waals surface area contributed by atoms with Gasteiger partial charge in [-0.1, -0.05) is 275 Å². The second-order valence-electron chi connectivity index (χ2n) is 20.5. The van der Waals surface area contributed by atoms with Crippen molar-refractivity contribution in [1.82, 2.24) is 0 Å². The molecule has 0 bridgehead atoms. The van der Waals surface area contributed by atoms with Crippen LogP contribution in [0.25, 0.3) is 0 Å². The summed E-state index contributed by atoms with van der Waals surface area (Å²) in [5, 5.41) is 0. The lowest BCUT2D eigenvalue weighted by atomic mass is 10.0.